The van der Waals surface area contributed by atoms with Gasteiger partial charge in [-0.15, -0.1) is 0 Å². The molecule has 0 amide bonds. The average molecular weight is 559 g/mol. The summed E-state index contributed by atoms with van der Waals surface area (Å²) in [5.74, 6) is -3.22. The molecule has 0 saturated carbocycles. The Kier molecular flexibility index (Phi) is 9.25. The van der Waals surface area contributed by atoms with E-state index in [-0.39, 0.29) is 45.5 Å². The van der Waals surface area contributed by atoms with E-state index in [4.69, 9.17) is 19.3 Å². The summed E-state index contributed by atoms with van der Waals surface area (Å²) >= 11 is 0. The number of halogens is 2. The number of carboxylic acids is 1. The van der Waals surface area contributed by atoms with Gasteiger partial charge in [-0.1, -0.05) is 0 Å². The number of carbonyl (C=O) groups is 2. The van der Waals surface area contributed by atoms with Gasteiger partial charge in [-0.2, -0.15) is 0 Å². The van der Waals surface area contributed by atoms with Gasteiger partial charge in [-0.05, 0) is 45.0 Å². The minimum Gasteiger partial charge on any atom is -0.492 e. The zero-order valence-electron chi connectivity index (χ0n) is 22.5. The molecule has 0 bridgehead atoms. The lowest BCUT2D eigenvalue weighted by Gasteiger charge is -2.14. The van der Waals surface area contributed by atoms with Crippen LogP contribution in [0, 0.1) is 11.6 Å². The van der Waals surface area contributed by atoms with Crippen molar-refractivity contribution in [3.05, 3.63) is 79.9 Å². The van der Waals surface area contributed by atoms with Gasteiger partial charge in [0.25, 0.3) is 0 Å². The number of carboxylic acid groups (broad SMARTS) is 1. The molecule has 1 N–H and O–H groups in total. The van der Waals surface area contributed by atoms with Gasteiger partial charge < -0.3 is 28.5 Å². The highest BCUT2D eigenvalue weighted by Gasteiger charge is 2.21. The molecule has 212 valence electrons. The van der Waals surface area contributed by atoms with Crippen molar-refractivity contribution >= 4 is 33.7 Å². The zero-order chi connectivity index (χ0) is 29.7. The van der Waals surface area contributed by atoms with Crippen molar-refractivity contribution in [1.82, 2.24) is 9.13 Å². The van der Waals surface area contributed by atoms with Crippen molar-refractivity contribution in [2.75, 3.05) is 20.8 Å². The highest BCUT2D eigenvalue weighted by molar-refractivity contribution is 5.96. The first-order valence-corrected chi connectivity index (χ1v) is 12.3. The van der Waals surface area contributed by atoms with E-state index in [9.17, 15) is 28.0 Å². The number of aryl methyl sites for hydroxylation is 2. The summed E-state index contributed by atoms with van der Waals surface area (Å²) < 4.78 is 45.5. The van der Waals surface area contributed by atoms with Crippen LogP contribution < -0.4 is 20.3 Å². The molecule has 0 fully saturated rings. The molecule has 0 unspecified atom stereocenters. The van der Waals surface area contributed by atoms with E-state index in [1.165, 1.54) is 43.3 Å². The molecule has 0 aliphatic carbocycles. The van der Waals surface area contributed by atoms with Gasteiger partial charge in [0, 0.05) is 25.5 Å². The summed E-state index contributed by atoms with van der Waals surface area (Å²) in [6.07, 6.45) is 2.58. The molecule has 12 heteroatoms. The number of aromatic carboxylic acids is 1. The Morgan fingerprint density at radius 2 is 1.20 bits per heavy atom. The van der Waals surface area contributed by atoms with Crippen molar-refractivity contribution in [2.45, 2.75) is 33.9 Å². The van der Waals surface area contributed by atoms with Gasteiger partial charge in [-0.3, -0.25) is 9.59 Å². The van der Waals surface area contributed by atoms with Crippen LogP contribution in [0.15, 0.2) is 46.2 Å². The quantitative estimate of drug-likeness (QED) is 0.335. The number of aromatic nitrogens is 2. The van der Waals surface area contributed by atoms with Gasteiger partial charge >= 0.3 is 11.9 Å². The second kappa shape index (κ2) is 12.4. The number of methoxy groups -OCH3 is 2. The van der Waals surface area contributed by atoms with E-state index in [0.717, 1.165) is 12.1 Å². The van der Waals surface area contributed by atoms with Gasteiger partial charge in [0.1, 0.15) is 11.1 Å². The molecule has 10 nitrogen and oxygen atoms in total. The van der Waals surface area contributed by atoms with Crippen LogP contribution >= 0.6 is 0 Å². The average Bonchev–Trinajstić information content (AvgIpc) is 2.93. The minimum atomic E-state index is -1.31. The van der Waals surface area contributed by atoms with Crippen LogP contribution in [-0.2, 0) is 17.8 Å². The number of pyridine rings is 2. The normalized spacial score (nSPS) is 10.7. The standard InChI is InChI=1S/C15H16FNO4.C13H12FNO4/c1-4-17-8-10(15(19)21-5-2)13(18)9-6-7-11(16)14(20-3)12(9)17;1-3-15-6-8(13(17)18)11(16)7-4-5-9(14)12(19-2)10(7)15/h6-8H,4-5H2,1-3H3;4-6H,3H2,1-2H3,(H,17,18). The summed E-state index contributed by atoms with van der Waals surface area (Å²) in [6, 6.07) is 4.87. The number of esters is 1. The predicted molar refractivity (Wildman–Crippen MR) is 144 cm³/mol. The fourth-order valence-electron chi connectivity index (χ4n) is 4.27. The molecule has 2 heterocycles. The molecule has 2 aromatic heterocycles. The third-order valence-electron chi connectivity index (χ3n) is 6.11. The van der Waals surface area contributed by atoms with Crippen molar-refractivity contribution in [3.63, 3.8) is 0 Å². The van der Waals surface area contributed by atoms with E-state index in [0.29, 0.717) is 18.6 Å². The summed E-state index contributed by atoms with van der Waals surface area (Å²) in [5, 5.41) is 9.36. The number of carbonyl (C=O) groups excluding carboxylic acids is 1. The topological polar surface area (TPSA) is 126 Å². The molecule has 0 spiro atoms. The van der Waals surface area contributed by atoms with E-state index in [1.54, 1.807) is 18.4 Å². The SMILES string of the molecule is CCOC(=O)c1cn(CC)c2c(OC)c(F)ccc2c1=O.CCn1cc(C(=O)O)c(=O)c2ccc(F)c(OC)c21. The van der Waals surface area contributed by atoms with Crippen molar-refractivity contribution in [3.8, 4) is 11.5 Å². The van der Waals surface area contributed by atoms with Crippen molar-refractivity contribution in [1.29, 1.82) is 0 Å². The zero-order valence-corrected chi connectivity index (χ0v) is 22.5. The maximum Gasteiger partial charge on any atom is 0.343 e. The molecule has 4 rings (SSSR count). The molecular weight excluding hydrogens is 530 g/mol. The molecule has 0 aliphatic rings. The van der Waals surface area contributed by atoms with Crippen LogP contribution in [0.3, 0.4) is 0 Å². The Morgan fingerprint density at radius 1 is 0.775 bits per heavy atom. The molecule has 40 heavy (non-hydrogen) atoms. The number of fused-ring (bicyclic) bond motifs is 2. The first kappa shape index (κ1) is 29.8. The van der Waals surface area contributed by atoms with E-state index in [1.807, 2.05) is 6.92 Å². The molecule has 0 saturated heterocycles. The molecule has 0 aliphatic heterocycles. The smallest absolute Gasteiger partial charge is 0.343 e. The van der Waals surface area contributed by atoms with Gasteiger partial charge in [0.2, 0.25) is 10.9 Å². The molecule has 4 aromatic rings. The van der Waals surface area contributed by atoms with Gasteiger partial charge in [-0.25, -0.2) is 18.4 Å². The third kappa shape index (κ3) is 5.37. The van der Waals surface area contributed by atoms with Crippen LogP contribution in [-0.4, -0.2) is 47.0 Å². The Morgan fingerprint density at radius 3 is 1.57 bits per heavy atom. The van der Waals surface area contributed by atoms with E-state index >= 15 is 0 Å². The monoisotopic (exact) mass is 558 g/mol. The number of rotatable bonds is 7. The van der Waals surface area contributed by atoms with E-state index < -0.39 is 34.4 Å². The summed E-state index contributed by atoms with van der Waals surface area (Å²) in [4.78, 5) is 47.3. The summed E-state index contributed by atoms with van der Waals surface area (Å²) in [6.45, 7) is 6.26. The van der Waals surface area contributed by atoms with Crippen LogP contribution in [0.25, 0.3) is 21.8 Å². The van der Waals surface area contributed by atoms with Crippen LogP contribution in [0.1, 0.15) is 41.5 Å². The highest BCUT2D eigenvalue weighted by Crippen LogP contribution is 2.28. The predicted octanol–water partition coefficient (Wildman–Crippen LogP) is 4.21. The van der Waals surface area contributed by atoms with Crippen LogP contribution in [0.2, 0.25) is 0 Å². The molecule has 2 aromatic carbocycles. The molecule has 0 radical (unpaired) electrons. The maximum absolute atomic E-state index is 13.8. The van der Waals surface area contributed by atoms with Crippen LogP contribution in [0.5, 0.6) is 11.5 Å². The Labute approximate surface area is 226 Å². The Balaban J connectivity index is 0.000000222. The minimum absolute atomic E-state index is 0.0122. The highest BCUT2D eigenvalue weighted by atomic mass is 19.1. The number of ether oxygens (including phenoxy) is 3. The molecular formula is C28H28F2N2O8. The number of hydrogen-bond acceptors (Lipinski definition) is 7. The Hall–Kier alpha value is -4.74. The molecule has 0 atom stereocenters. The first-order valence-electron chi connectivity index (χ1n) is 12.3. The lowest BCUT2D eigenvalue weighted by atomic mass is 10.1. The third-order valence-corrected chi connectivity index (χ3v) is 6.11. The van der Waals surface area contributed by atoms with E-state index in [2.05, 4.69) is 0 Å². The van der Waals surface area contributed by atoms with Crippen LogP contribution in [0.4, 0.5) is 8.78 Å². The number of nitrogens with zero attached hydrogens (tertiary/aromatic N) is 2. The maximum atomic E-state index is 13.8. The second-order valence-corrected chi connectivity index (χ2v) is 8.30. The number of benzene rings is 2. The van der Waals surface area contributed by atoms with Gasteiger partial charge in [0.05, 0.1) is 42.6 Å². The lowest BCUT2D eigenvalue weighted by Crippen LogP contribution is -2.21. The van der Waals surface area contributed by atoms with Gasteiger partial charge in [0.15, 0.2) is 23.1 Å². The second-order valence-electron chi connectivity index (χ2n) is 8.30. The first-order chi connectivity index (χ1) is 19.1. The number of hydrogen-bond donors (Lipinski definition) is 1. The fourth-order valence-corrected chi connectivity index (χ4v) is 4.27. The lowest BCUT2D eigenvalue weighted by molar-refractivity contribution is 0.0523. The van der Waals surface area contributed by atoms with Crippen molar-refractivity contribution < 1.29 is 37.7 Å². The fraction of sp³-hybridized carbons (Fsp3) is 0.286. The van der Waals surface area contributed by atoms with Crippen molar-refractivity contribution in [2.24, 2.45) is 0 Å². The Bertz CT molecular complexity index is 1730. The summed E-state index contributed by atoms with van der Waals surface area (Å²) in [5.41, 5.74) is -0.960. The largest absolute Gasteiger partial charge is 0.492 e. The summed E-state index contributed by atoms with van der Waals surface area (Å²) in [7, 11) is 2.63.